The van der Waals surface area contributed by atoms with Gasteiger partial charge in [0.2, 0.25) is 5.76 Å². The highest BCUT2D eigenvalue weighted by molar-refractivity contribution is 6.07. The average Bonchev–Trinajstić information content (AvgIpc) is 2.60. The highest BCUT2D eigenvalue weighted by Gasteiger charge is 2.21. The maximum absolute atomic E-state index is 12.6. The number of benzene rings is 2. The van der Waals surface area contributed by atoms with Gasteiger partial charge >= 0.3 is 5.63 Å². The van der Waals surface area contributed by atoms with E-state index in [2.05, 4.69) is 5.32 Å². The second-order valence-corrected chi connectivity index (χ2v) is 6.11. The van der Waals surface area contributed by atoms with Crippen LogP contribution in [0.5, 0.6) is 0 Å². The fourth-order valence-corrected chi connectivity index (χ4v) is 2.63. The fourth-order valence-electron chi connectivity index (χ4n) is 2.63. The number of nitrogens with one attached hydrogen (secondary N) is 1. The number of rotatable bonds is 4. The van der Waals surface area contributed by atoms with Crippen LogP contribution in [0.3, 0.4) is 0 Å². The predicted octanol–water partition coefficient (Wildman–Crippen LogP) is 3.85. The maximum Gasteiger partial charge on any atom is 0.344 e. The van der Waals surface area contributed by atoms with Crippen LogP contribution in [0.2, 0.25) is 0 Å². The molecule has 0 radical (unpaired) electrons. The first-order valence-corrected chi connectivity index (χ1v) is 7.97. The molecule has 0 atom stereocenters. The Morgan fingerprint density at radius 2 is 1.62 bits per heavy atom. The minimum Gasteiger partial charge on any atom is -0.416 e. The van der Waals surface area contributed by atoms with Crippen molar-refractivity contribution in [2.75, 3.05) is 6.54 Å². The summed E-state index contributed by atoms with van der Waals surface area (Å²) in [7, 11) is 0. The Balaban J connectivity index is 2.25. The third-order valence-corrected chi connectivity index (χ3v) is 3.78. The second kappa shape index (κ2) is 6.71. The molecule has 0 saturated carbocycles. The number of amides is 1. The van der Waals surface area contributed by atoms with Gasteiger partial charge in [0.25, 0.3) is 5.91 Å². The van der Waals surface area contributed by atoms with Gasteiger partial charge in [0.05, 0.1) is 5.39 Å². The lowest BCUT2D eigenvalue weighted by molar-refractivity contribution is 0.0918. The van der Waals surface area contributed by atoms with Crippen LogP contribution >= 0.6 is 0 Å². The van der Waals surface area contributed by atoms with Gasteiger partial charge in [-0.1, -0.05) is 62.4 Å². The topological polar surface area (TPSA) is 59.3 Å². The molecule has 0 aliphatic heterocycles. The lowest BCUT2D eigenvalue weighted by Gasteiger charge is -2.12. The fraction of sp³-hybridized carbons (Fsp3) is 0.200. The van der Waals surface area contributed by atoms with Gasteiger partial charge in [-0.05, 0) is 17.5 Å². The molecule has 0 spiro atoms. The number of hydrogen-bond donors (Lipinski definition) is 1. The van der Waals surface area contributed by atoms with Crippen LogP contribution in [0.4, 0.5) is 0 Å². The summed E-state index contributed by atoms with van der Waals surface area (Å²) in [6.07, 6.45) is 0. The van der Waals surface area contributed by atoms with Crippen molar-refractivity contribution in [2.24, 2.45) is 5.92 Å². The molecule has 0 aliphatic carbocycles. The van der Waals surface area contributed by atoms with Crippen LogP contribution in [0.15, 0.2) is 63.8 Å². The van der Waals surface area contributed by atoms with Gasteiger partial charge in [-0.2, -0.15) is 0 Å². The molecule has 3 aromatic rings. The standard InChI is InChI=1S/C20H19NO3/c1-13(2)12-21-19(22)18-17(14-8-4-3-5-9-14)15-10-6-7-11-16(15)20(23)24-18/h3-11,13H,12H2,1-2H3,(H,21,22). The van der Waals surface area contributed by atoms with Crippen LogP contribution in [-0.2, 0) is 0 Å². The molecule has 0 saturated heterocycles. The van der Waals surface area contributed by atoms with E-state index in [1.165, 1.54) is 0 Å². The van der Waals surface area contributed by atoms with Gasteiger partial charge in [-0.15, -0.1) is 0 Å². The van der Waals surface area contributed by atoms with Gasteiger partial charge < -0.3 is 9.73 Å². The highest BCUT2D eigenvalue weighted by Crippen LogP contribution is 2.30. The molecule has 24 heavy (non-hydrogen) atoms. The lowest BCUT2D eigenvalue weighted by atomic mass is 9.98. The molecule has 0 bridgehead atoms. The van der Waals surface area contributed by atoms with E-state index in [0.717, 1.165) is 10.9 Å². The van der Waals surface area contributed by atoms with Crippen LogP contribution in [-0.4, -0.2) is 12.5 Å². The molecule has 2 aromatic carbocycles. The Morgan fingerprint density at radius 1 is 1.00 bits per heavy atom. The van der Waals surface area contributed by atoms with E-state index >= 15 is 0 Å². The highest BCUT2D eigenvalue weighted by atomic mass is 16.4. The summed E-state index contributed by atoms with van der Waals surface area (Å²) < 4.78 is 5.40. The van der Waals surface area contributed by atoms with Crippen LogP contribution in [0.1, 0.15) is 24.4 Å². The molecule has 3 rings (SSSR count). The van der Waals surface area contributed by atoms with E-state index in [4.69, 9.17) is 4.42 Å². The van der Waals surface area contributed by atoms with Crippen molar-refractivity contribution in [3.05, 3.63) is 70.8 Å². The van der Waals surface area contributed by atoms with Crippen LogP contribution in [0.25, 0.3) is 21.9 Å². The Hall–Kier alpha value is -2.88. The van der Waals surface area contributed by atoms with Gasteiger partial charge in [-0.3, -0.25) is 4.79 Å². The maximum atomic E-state index is 12.6. The Morgan fingerprint density at radius 3 is 2.29 bits per heavy atom. The first-order valence-electron chi connectivity index (χ1n) is 7.97. The first-order chi connectivity index (χ1) is 11.6. The SMILES string of the molecule is CC(C)CNC(=O)c1oc(=O)c2ccccc2c1-c1ccccc1. The molecular formula is C20H19NO3. The molecule has 1 N–H and O–H groups in total. The Labute approximate surface area is 140 Å². The number of carbonyl (C=O) groups excluding carboxylic acids is 1. The van der Waals surface area contributed by atoms with E-state index in [1.54, 1.807) is 12.1 Å². The molecule has 1 heterocycles. The van der Waals surface area contributed by atoms with Crippen molar-refractivity contribution >= 4 is 16.7 Å². The van der Waals surface area contributed by atoms with Crippen molar-refractivity contribution in [1.29, 1.82) is 0 Å². The van der Waals surface area contributed by atoms with Crippen molar-refractivity contribution in [3.8, 4) is 11.1 Å². The van der Waals surface area contributed by atoms with E-state index in [-0.39, 0.29) is 11.7 Å². The third kappa shape index (κ3) is 3.08. The molecule has 4 nitrogen and oxygen atoms in total. The minimum atomic E-state index is -0.500. The van der Waals surface area contributed by atoms with E-state index in [1.807, 2.05) is 56.3 Å². The lowest BCUT2D eigenvalue weighted by Crippen LogP contribution is -2.28. The molecule has 0 aliphatic rings. The smallest absolute Gasteiger partial charge is 0.344 e. The number of fused-ring (bicyclic) bond motifs is 1. The van der Waals surface area contributed by atoms with E-state index < -0.39 is 5.63 Å². The summed E-state index contributed by atoms with van der Waals surface area (Å²) in [4.78, 5) is 24.9. The Bertz CT molecular complexity index is 927. The van der Waals surface area contributed by atoms with E-state index in [0.29, 0.717) is 23.4 Å². The van der Waals surface area contributed by atoms with Crippen molar-refractivity contribution < 1.29 is 9.21 Å². The molecule has 0 fully saturated rings. The molecule has 0 unspecified atom stereocenters. The van der Waals surface area contributed by atoms with Crippen molar-refractivity contribution in [2.45, 2.75) is 13.8 Å². The summed E-state index contributed by atoms with van der Waals surface area (Å²) in [5.41, 5.74) is 0.985. The summed E-state index contributed by atoms with van der Waals surface area (Å²) in [5.74, 6) is -0.00254. The zero-order valence-electron chi connectivity index (χ0n) is 13.7. The summed E-state index contributed by atoms with van der Waals surface area (Å²) in [6, 6.07) is 16.7. The normalized spacial score (nSPS) is 11.0. The minimum absolute atomic E-state index is 0.0607. The summed E-state index contributed by atoms with van der Waals surface area (Å²) >= 11 is 0. The van der Waals surface area contributed by atoms with Crippen molar-refractivity contribution in [3.63, 3.8) is 0 Å². The average molecular weight is 321 g/mol. The summed E-state index contributed by atoms with van der Waals surface area (Å²) in [5, 5.41) is 4.02. The zero-order chi connectivity index (χ0) is 17.1. The molecule has 1 aromatic heterocycles. The quantitative estimate of drug-likeness (QED) is 0.794. The number of hydrogen-bond acceptors (Lipinski definition) is 3. The zero-order valence-corrected chi connectivity index (χ0v) is 13.7. The molecule has 1 amide bonds. The number of carbonyl (C=O) groups is 1. The largest absolute Gasteiger partial charge is 0.416 e. The van der Waals surface area contributed by atoms with Crippen LogP contribution in [0, 0.1) is 5.92 Å². The van der Waals surface area contributed by atoms with E-state index in [9.17, 15) is 9.59 Å². The molecule has 122 valence electrons. The second-order valence-electron chi connectivity index (χ2n) is 6.11. The van der Waals surface area contributed by atoms with Gasteiger partial charge in [0.1, 0.15) is 0 Å². The molecule has 4 heteroatoms. The Kier molecular flexibility index (Phi) is 4.47. The van der Waals surface area contributed by atoms with Gasteiger partial charge in [0, 0.05) is 17.5 Å². The molecular weight excluding hydrogens is 302 g/mol. The summed E-state index contributed by atoms with van der Waals surface area (Å²) in [6.45, 7) is 4.54. The van der Waals surface area contributed by atoms with Crippen LogP contribution < -0.4 is 10.9 Å². The van der Waals surface area contributed by atoms with Crippen molar-refractivity contribution in [1.82, 2.24) is 5.32 Å². The first kappa shape index (κ1) is 16.0. The van der Waals surface area contributed by atoms with Gasteiger partial charge in [0.15, 0.2) is 0 Å². The monoisotopic (exact) mass is 321 g/mol. The predicted molar refractivity (Wildman–Crippen MR) is 95.1 cm³/mol. The van der Waals surface area contributed by atoms with Gasteiger partial charge in [-0.25, -0.2) is 4.79 Å². The third-order valence-electron chi connectivity index (χ3n) is 3.78.